The van der Waals surface area contributed by atoms with Gasteiger partial charge in [0.25, 0.3) is 0 Å². The molecular weight excluding hydrogens is 264 g/mol. The zero-order valence-corrected chi connectivity index (χ0v) is 12.1. The first-order valence-corrected chi connectivity index (χ1v) is 7.89. The monoisotopic (exact) mass is 284 g/mol. The average Bonchev–Trinajstić information content (AvgIpc) is 2.70. The van der Waals surface area contributed by atoms with Gasteiger partial charge < -0.3 is 10.0 Å². The Morgan fingerprint density at radius 3 is 2.47 bits per heavy atom. The Balaban J connectivity index is 2.16. The molecule has 0 aliphatic carbocycles. The van der Waals surface area contributed by atoms with E-state index < -0.39 is 15.6 Å². The summed E-state index contributed by atoms with van der Waals surface area (Å²) in [5.41, 5.74) is 0.280. The van der Waals surface area contributed by atoms with Crippen LogP contribution >= 0.6 is 0 Å². The molecule has 1 atom stereocenters. The minimum Gasteiger partial charge on any atom is -0.388 e. The van der Waals surface area contributed by atoms with Gasteiger partial charge >= 0.3 is 0 Å². The second kappa shape index (κ2) is 5.11. The number of hydrogen-bond acceptors (Lipinski definition) is 4. The van der Waals surface area contributed by atoms with Crippen molar-refractivity contribution in [1.29, 1.82) is 0 Å². The number of anilines is 1. The summed E-state index contributed by atoms with van der Waals surface area (Å²) in [4.78, 5) is 2.33. The first-order valence-electron chi connectivity index (χ1n) is 6.41. The van der Waals surface area contributed by atoms with E-state index in [-0.39, 0.29) is 4.90 Å². The molecule has 1 saturated heterocycles. The lowest BCUT2D eigenvalue weighted by Crippen LogP contribution is -2.29. The largest absolute Gasteiger partial charge is 0.388 e. The molecule has 19 heavy (non-hydrogen) atoms. The van der Waals surface area contributed by atoms with E-state index in [1.165, 1.54) is 0 Å². The van der Waals surface area contributed by atoms with Crippen LogP contribution in [0.4, 0.5) is 5.69 Å². The second-order valence-electron chi connectivity index (χ2n) is 5.16. The van der Waals surface area contributed by atoms with Crippen LogP contribution in [0.1, 0.15) is 20.3 Å². The summed E-state index contributed by atoms with van der Waals surface area (Å²) in [6, 6.07) is 6.76. The van der Waals surface area contributed by atoms with Crippen LogP contribution in [0.5, 0.6) is 0 Å². The third-order valence-corrected chi connectivity index (χ3v) is 4.86. The molecule has 1 heterocycles. The van der Waals surface area contributed by atoms with Crippen molar-refractivity contribution in [3.63, 3.8) is 0 Å². The zero-order valence-electron chi connectivity index (χ0n) is 11.3. The Hall–Kier alpha value is -1.11. The predicted octanol–water partition coefficient (Wildman–Crippen LogP) is 0.946. The lowest BCUT2D eigenvalue weighted by atomic mass is 10.1. The first kappa shape index (κ1) is 14.3. The van der Waals surface area contributed by atoms with Gasteiger partial charge in [0.05, 0.1) is 10.5 Å². The highest BCUT2D eigenvalue weighted by Crippen LogP contribution is 2.27. The van der Waals surface area contributed by atoms with Crippen LogP contribution in [0, 0.1) is 0 Å². The predicted molar refractivity (Wildman–Crippen MR) is 74.8 cm³/mol. The van der Waals surface area contributed by atoms with Gasteiger partial charge in [0.1, 0.15) is 0 Å². The molecule has 1 fully saturated rings. The highest BCUT2D eigenvalue weighted by Gasteiger charge is 2.31. The summed E-state index contributed by atoms with van der Waals surface area (Å²) < 4.78 is 26.1. The van der Waals surface area contributed by atoms with Crippen molar-refractivity contribution in [1.82, 2.24) is 4.72 Å². The number of aliphatic hydroxyl groups is 1. The summed E-state index contributed by atoms with van der Waals surface area (Å²) in [7, 11) is -3.39. The molecule has 0 amide bonds. The molecule has 1 aromatic carbocycles. The van der Waals surface area contributed by atoms with Gasteiger partial charge in [0.15, 0.2) is 0 Å². The van der Waals surface area contributed by atoms with Crippen molar-refractivity contribution in [3.05, 3.63) is 24.3 Å². The highest BCUT2D eigenvalue weighted by molar-refractivity contribution is 7.89. The van der Waals surface area contributed by atoms with E-state index in [0.29, 0.717) is 13.1 Å². The molecule has 106 valence electrons. The quantitative estimate of drug-likeness (QED) is 0.863. The zero-order chi connectivity index (χ0) is 14.1. The van der Waals surface area contributed by atoms with E-state index in [1.54, 1.807) is 31.2 Å². The molecule has 1 aromatic rings. The van der Waals surface area contributed by atoms with Crippen molar-refractivity contribution >= 4 is 15.7 Å². The molecule has 5 nitrogen and oxygen atoms in total. The minimum atomic E-state index is -3.39. The van der Waals surface area contributed by atoms with E-state index in [0.717, 1.165) is 18.7 Å². The number of sulfonamides is 1. The van der Waals surface area contributed by atoms with Gasteiger partial charge in [-0.3, -0.25) is 0 Å². The van der Waals surface area contributed by atoms with Crippen LogP contribution in [0.3, 0.4) is 0 Å². The lowest BCUT2D eigenvalue weighted by molar-refractivity contribution is 0.0839. The number of hydrogen-bond donors (Lipinski definition) is 2. The van der Waals surface area contributed by atoms with Crippen molar-refractivity contribution in [2.75, 3.05) is 24.5 Å². The van der Waals surface area contributed by atoms with Gasteiger partial charge in [-0.25, -0.2) is 13.1 Å². The molecule has 0 bridgehead atoms. The van der Waals surface area contributed by atoms with E-state index in [1.807, 2.05) is 6.92 Å². The summed E-state index contributed by atoms with van der Waals surface area (Å²) in [5.74, 6) is 0. The molecule has 2 N–H and O–H groups in total. The molecule has 1 aliphatic heterocycles. The Morgan fingerprint density at radius 1 is 1.37 bits per heavy atom. The fraction of sp³-hybridized carbons (Fsp3) is 0.538. The average molecular weight is 284 g/mol. The Morgan fingerprint density at radius 2 is 2.00 bits per heavy atom. The molecule has 1 unspecified atom stereocenters. The van der Waals surface area contributed by atoms with Crippen molar-refractivity contribution < 1.29 is 13.5 Å². The maximum absolute atomic E-state index is 11.8. The molecule has 1 aliphatic rings. The van der Waals surface area contributed by atoms with Crippen LogP contribution in [0.25, 0.3) is 0 Å². The Kier molecular flexibility index (Phi) is 3.85. The van der Waals surface area contributed by atoms with Gasteiger partial charge in [0.2, 0.25) is 10.0 Å². The number of rotatable bonds is 4. The van der Waals surface area contributed by atoms with Crippen molar-refractivity contribution in [2.45, 2.75) is 30.8 Å². The van der Waals surface area contributed by atoms with Crippen LogP contribution in [-0.2, 0) is 10.0 Å². The number of nitrogens with zero attached hydrogens (tertiary/aromatic N) is 1. The van der Waals surface area contributed by atoms with Gasteiger partial charge in [-0.1, -0.05) is 6.92 Å². The maximum Gasteiger partial charge on any atom is 0.240 e. The topological polar surface area (TPSA) is 69.6 Å². The standard InChI is InChI=1S/C13H20N2O3S/c1-3-14-19(17,18)12-6-4-11(5-7-12)15-9-8-13(2,16)10-15/h4-7,14,16H,3,8-10H2,1-2H3. The molecule has 2 rings (SSSR count). The van der Waals surface area contributed by atoms with Crippen LogP contribution in [-0.4, -0.2) is 38.8 Å². The van der Waals surface area contributed by atoms with E-state index in [2.05, 4.69) is 9.62 Å². The van der Waals surface area contributed by atoms with Gasteiger partial charge in [0, 0.05) is 25.3 Å². The van der Waals surface area contributed by atoms with E-state index in [9.17, 15) is 13.5 Å². The highest BCUT2D eigenvalue weighted by atomic mass is 32.2. The Bertz CT molecular complexity index is 538. The van der Waals surface area contributed by atoms with Crippen molar-refractivity contribution in [2.24, 2.45) is 0 Å². The number of benzene rings is 1. The third-order valence-electron chi connectivity index (χ3n) is 3.30. The molecule has 0 spiro atoms. The van der Waals surface area contributed by atoms with Crippen LogP contribution in [0.2, 0.25) is 0 Å². The SMILES string of the molecule is CCNS(=O)(=O)c1ccc(N2CCC(C)(O)C2)cc1. The molecular formula is C13H20N2O3S. The van der Waals surface area contributed by atoms with Crippen LogP contribution < -0.4 is 9.62 Å². The van der Waals surface area contributed by atoms with Gasteiger partial charge in [-0.05, 0) is 37.6 Å². The fourth-order valence-electron chi connectivity index (χ4n) is 2.27. The first-order chi connectivity index (χ1) is 8.84. The molecule has 0 radical (unpaired) electrons. The maximum atomic E-state index is 11.8. The third kappa shape index (κ3) is 3.26. The van der Waals surface area contributed by atoms with Gasteiger partial charge in [-0.15, -0.1) is 0 Å². The van der Waals surface area contributed by atoms with Gasteiger partial charge in [-0.2, -0.15) is 0 Å². The Labute approximate surface area is 114 Å². The molecule has 0 aromatic heterocycles. The summed E-state index contributed by atoms with van der Waals surface area (Å²) in [6.45, 7) is 5.30. The molecule has 6 heteroatoms. The number of β-amino-alcohol motifs (C(OH)–C–C–N with tert-alkyl or cyclic N) is 1. The summed E-state index contributed by atoms with van der Waals surface area (Å²) in [5, 5.41) is 9.93. The normalized spacial score (nSPS) is 23.8. The fourth-order valence-corrected chi connectivity index (χ4v) is 3.32. The molecule has 0 saturated carbocycles. The number of nitrogens with one attached hydrogen (secondary N) is 1. The van der Waals surface area contributed by atoms with E-state index >= 15 is 0 Å². The summed E-state index contributed by atoms with van der Waals surface area (Å²) in [6.07, 6.45) is 0.727. The second-order valence-corrected chi connectivity index (χ2v) is 6.93. The minimum absolute atomic E-state index is 0.268. The summed E-state index contributed by atoms with van der Waals surface area (Å²) >= 11 is 0. The smallest absolute Gasteiger partial charge is 0.240 e. The van der Waals surface area contributed by atoms with E-state index in [4.69, 9.17) is 0 Å². The lowest BCUT2D eigenvalue weighted by Gasteiger charge is -2.21. The van der Waals surface area contributed by atoms with Crippen molar-refractivity contribution in [3.8, 4) is 0 Å². The van der Waals surface area contributed by atoms with Crippen LogP contribution in [0.15, 0.2) is 29.2 Å².